The summed E-state index contributed by atoms with van der Waals surface area (Å²) in [5.41, 5.74) is 2.01. The molecule has 1 aromatic heterocycles. The van der Waals surface area contributed by atoms with Crippen molar-refractivity contribution < 1.29 is 4.74 Å². The van der Waals surface area contributed by atoms with Gasteiger partial charge in [0.1, 0.15) is 5.75 Å². The van der Waals surface area contributed by atoms with Crippen molar-refractivity contribution in [2.75, 3.05) is 12.4 Å². The number of hydrogen-bond acceptors (Lipinski definition) is 4. The molecule has 1 aromatic carbocycles. The number of methoxy groups -OCH3 is 1. The Morgan fingerprint density at radius 2 is 1.81 bits per heavy atom. The van der Waals surface area contributed by atoms with Gasteiger partial charge in [-0.15, -0.1) is 0 Å². The molecule has 21 heavy (non-hydrogen) atoms. The first kappa shape index (κ1) is 13.9. The normalized spacial score (nSPS) is 15.7. The van der Waals surface area contributed by atoms with Crippen molar-refractivity contribution in [1.82, 2.24) is 9.97 Å². The third-order valence-electron chi connectivity index (χ3n) is 3.98. The lowest BCUT2D eigenvalue weighted by Gasteiger charge is -2.22. The number of hydrogen-bond donors (Lipinski definition) is 1. The number of benzene rings is 1. The average Bonchev–Trinajstić information content (AvgIpc) is 2.56. The minimum absolute atomic E-state index is 0.518. The summed E-state index contributed by atoms with van der Waals surface area (Å²) in [5.74, 6) is 1.59. The fraction of sp³-hybridized carbons (Fsp3) is 0.412. The highest BCUT2D eigenvalue weighted by Crippen LogP contribution is 2.23. The maximum atomic E-state index is 5.18. The van der Waals surface area contributed by atoms with E-state index in [9.17, 15) is 0 Å². The zero-order valence-electron chi connectivity index (χ0n) is 12.4. The van der Waals surface area contributed by atoms with Gasteiger partial charge in [-0.3, -0.25) is 0 Å². The molecule has 0 unspecified atom stereocenters. The Morgan fingerprint density at radius 3 is 2.52 bits per heavy atom. The fourth-order valence-corrected chi connectivity index (χ4v) is 2.78. The van der Waals surface area contributed by atoms with Crippen LogP contribution in [0.15, 0.2) is 36.5 Å². The molecule has 2 aromatic rings. The molecule has 0 bridgehead atoms. The third-order valence-corrected chi connectivity index (χ3v) is 3.98. The van der Waals surface area contributed by atoms with Gasteiger partial charge in [0.25, 0.3) is 0 Å². The maximum Gasteiger partial charge on any atom is 0.223 e. The smallest absolute Gasteiger partial charge is 0.223 e. The SMILES string of the molecule is COc1ccc(-c2ccnc(NC3CCCCC3)n2)cc1. The van der Waals surface area contributed by atoms with E-state index in [1.54, 1.807) is 7.11 Å². The van der Waals surface area contributed by atoms with E-state index in [0.717, 1.165) is 23.0 Å². The van der Waals surface area contributed by atoms with Crippen molar-refractivity contribution in [2.45, 2.75) is 38.1 Å². The van der Waals surface area contributed by atoms with Gasteiger partial charge in [-0.05, 0) is 43.2 Å². The Hall–Kier alpha value is -2.10. The van der Waals surface area contributed by atoms with E-state index in [-0.39, 0.29) is 0 Å². The second kappa shape index (κ2) is 6.57. The van der Waals surface area contributed by atoms with Crippen LogP contribution in [-0.4, -0.2) is 23.1 Å². The van der Waals surface area contributed by atoms with Gasteiger partial charge < -0.3 is 10.1 Å². The Morgan fingerprint density at radius 1 is 1.05 bits per heavy atom. The number of anilines is 1. The standard InChI is InChI=1S/C17H21N3O/c1-21-15-9-7-13(8-10-15)16-11-12-18-17(20-16)19-14-5-3-2-4-6-14/h7-12,14H,2-6H2,1H3,(H,18,19,20). The second-order valence-electron chi connectivity index (χ2n) is 5.47. The monoisotopic (exact) mass is 283 g/mol. The van der Waals surface area contributed by atoms with Gasteiger partial charge in [-0.2, -0.15) is 0 Å². The highest BCUT2D eigenvalue weighted by Gasteiger charge is 2.14. The highest BCUT2D eigenvalue weighted by atomic mass is 16.5. The highest BCUT2D eigenvalue weighted by molar-refractivity contribution is 5.60. The van der Waals surface area contributed by atoms with Crippen LogP contribution in [0.3, 0.4) is 0 Å². The van der Waals surface area contributed by atoms with E-state index in [0.29, 0.717) is 6.04 Å². The molecule has 1 aliphatic rings. The topological polar surface area (TPSA) is 47.0 Å². The van der Waals surface area contributed by atoms with E-state index >= 15 is 0 Å². The molecule has 0 spiro atoms. The quantitative estimate of drug-likeness (QED) is 0.924. The molecular formula is C17H21N3O. The molecule has 0 saturated heterocycles. The van der Waals surface area contributed by atoms with E-state index in [2.05, 4.69) is 15.3 Å². The zero-order chi connectivity index (χ0) is 14.5. The van der Waals surface area contributed by atoms with Gasteiger partial charge in [-0.25, -0.2) is 9.97 Å². The average molecular weight is 283 g/mol. The van der Waals surface area contributed by atoms with Crippen molar-refractivity contribution in [3.05, 3.63) is 36.5 Å². The van der Waals surface area contributed by atoms with Crippen LogP contribution in [-0.2, 0) is 0 Å². The van der Waals surface area contributed by atoms with Gasteiger partial charge in [0.15, 0.2) is 0 Å². The molecule has 4 nitrogen and oxygen atoms in total. The van der Waals surface area contributed by atoms with Crippen molar-refractivity contribution in [1.29, 1.82) is 0 Å². The van der Waals surface area contributed by atoms with E-state index in [1.807, 2.05) is 36.5 Å². The summed E-state index contributed by atoms with van der Waals surface area (Å²) in [4.78, 5) is 8.98. The van der Waals surface area contributed by atoms with Crippen LogP contribution < -0.4 is 10.1 Å². The Kier molecular flexibility index (Phi) is 4.34. The predicted molar refractivity (Wildman–Crippen MR) is 84.5 cm³/mol. The van der Waals surface area contributed by atoms with Crippen LogP contribution in [0.5, 0.6) is 5.75 Å². The number of nitrogens with zero attached hydrogens (tertiary/aromatic N) is 2. The van der Waals surface area contributed by atoms with Crippen molar-refractivity contribution in [3.63, 3.8) is 0 Å². The molecule has 4 heteroatoms. The molecular weight excluding hydrogens is 262 g/mol. The van der Waals surface area contributed by atoms with Crippen LogP contribution >= 0.6 is 0 Å². The molecule has 1 N–H and O–H groups in total. The summed E-state index contributed by atoms with van der Waals surface area (Å²) in [6.45, 7) is 0. The second-order valence-corrected chi connectivity index (χ2v) is 5.47. The van der Waals surface area contributed by atoms with Gasteiger partial charge in [-0.1, -0.05) is 19.3 Å². The molecule has 0 amide bonds. The van der Waals surface area contributed by atoms with E-state index < -0.39 is 0 Å². The summed E-state index contributed by atoms with van der Waals surface area (Å²) in [5, 5.41) is 3.47. The lowest BCUT2D eigenvalue weighted by molar-refractivity contribution is 0.415. The molecule has 1 fully saturated rings. The van der Waals surface area contributed by atoms with Crippen molar-refractivity contribution >= 4 is 5.95 Å². The predicted octanol–water partition coefficient (Wildman–Crippen LogP) is 3.90. The van der Waals surface area contributed by atoms with Gasteiger partial charge in [0.05, 0.1) is 12.8 Å². The Labute approximate surface area is 125 Å². The molecule has 3 rings (SSSR count). The first-order chi connectivity index (χ1) is 10.3. The van der Waals surface area contributed by atoms with Gasteiger partial charge >= 0.3 is 0 Å². The van der Waals surface area contributed by atoms with Gasteiger partial charge in [0, 0.05) is 17.8 Å². The van der Waals surface area contributed by atoms with Crippen LogP contribution in [0.1, 0.15) is 32.1 Å². The molecule has 110 valence electrons. The molecule has 0 aliphatic heterocycles. The fourth-order valence-electron chi connectivity index (χ4n) is 2.78. The summed E-state index contributed by atoms with van der Waals surface area (Å²) < 4.78 is 5.18. The Balaban J connectivity index is 1.75. The first-order valence-corrected chi connectivity index (χ1v) is 7.59. The van der Waals surface area contributed by atoms with Crippen molar-refractivity contribution in [2.24, 2.45) is 0 Å². The summed E-state index contributed by atoms with van der Waals surface area (Å²) in [6, 6.07) is 10.4. The minimum Gasteiger partial charge on any atom is -0.497 e. The minimum atomic E-state index is 0.518. The molecule has 0 atom stereocenters. The zero-order valence-corrected chi connectivity index (χ0v) is 12.4. The number of nitrogens with one attached hydrogen (secondary N) is 1. The summed E-state index contributed by atoms with van der Waals surface area (Å²) in [6.07, 6.45) is 8.21. The van der Waals surface area contributed by atoms with Crippen molar-refractivity contribution in [3.8, 4) is 17.0 Å². The maximum absolute atomic E-state index is 5.18. The van der Waals surface area contributed by atoms with Crippen LogP contribution in [0.2, 0.25) is 0 Å². The molecule has 0 radical (unpaired) electrons. The first-order valence-electron chi connectivity index (χ1n) is 7.59. The number of aromatic nitrogens is 2. The van der Waals surface area contributed by atoms with Crippen LogP contribution in [0.25, 0.3) is 11.3 Å². The lowest BCUT2D eigenvalue weighted by Crippen LogP contribution is -2.23. The van der Waals surface area contributed by atoms with Crippen LogP contribution in [0, 0.1) is 0 Å². The molecule has 1 heterocycles. The largest absolute Gasteiger partial charge is 0.497 e. The third kappa shape index (κ3) is 3.51. The van der Waals surface area contributed by atoms with E-state index in [1.165, 1.54) is 32.1 Å². The lowest BCUT2D eigenvalue weighted by atomic mass is 9.96. The number of ether oxygens (including phenoxy) is 1. The summed E-state index contributed by atoms with van der Waals surface area (Å²) >= 11 is 0. The Bertz CT molecular complexity index is 577. The summed E-state index contributed by atoms with van der Waals surface area (Å²) in [7, 11) is 1.67. The van der Waals surface area contributed by atoms with E-state index in [4.69, 9.17) is 4.74 Å². The molecule has 1 saturated carbocycles. The molecule has 1 aliphatic carbocycles. The number of rotatable bonds is 4. The van der Waals surface area contributed by atoms with Gasteiger partial charge in [0.2, 0.25) is 5.95 Å². The van der Waals surface area contributed by atoms with Crippen LogP contribution in [0.4, 0.5) is 5.95 Å².